The highest BCUT2D eigenvalue weighted by atomic mass is 19.1. The van der Waals surface area contributed by atoms with E-state index in [2.05, 4.69) is 15.3 Å². The summed E-state index contributed by atoms with van der Waals surface area (Å²) in [7, 11) is 0. The summed E-state index contributed by atoms with van der Waals surface area (Å²) in [4.78, 5) is 20.5. The van der Waals surface area contributed by atoms with Crippen LogP contribution < -0.4 is 5.32 Å². The molecule has 5 heteroatoms. The van der Waals surface area contributed by atoms with E-state index >= 15 is 0 Å². The molecule has 0 aliphatic carbocycles. The highest BCUT2D eigenvalue weighted by Crippen LogP contribution is 2.25. The molecular formula is C19H16FN3O. The molecule has 0 saturated carbocycles. The second-order valence-electron chi connectivity index (χ2n) is 5.59. The van der Waals surface area contributed by atoms with Crippen LogP contribution in [0.2, 0.25) is 0 Å². The van der Waals surface area contributed by atoms with Crippen molar-refractivity contribution >= 4 is 11.7 Å². The maximum atomic E-state index is 12.9. The highest BCUT2D eigenvalue weighted by molar-refractivity contribution is 6.04. The molecule has 3 rings (SSSR count). The number of aromatic nitrogens is 2. The molecule has 120 valence electrons. The zero-order valence-electron chi connectivity index (χ0n) is 13.4. The zero-order valence-corrected chi connectivity index (χ0v) is 13.4. The first kappa shape index (κ1) is 15.8. The first-order chi connectivity index (χ1) is 11.5. The largest absolute Gasteiger partial charge is 0.307 e. The van der Waals surface area contributed by atoms with Crippen LogP contribution in [-0.2, 0) is 0 Å². The smallest absolute Gasteiger partial charge is 0.256 e. The van der Waals surface area contributed by atoms with Crippen molar-refractivity contribution in [3.05, 3.63) is 77.5 Å². The number of nitrogens with zero attached hydrogens (tertiary/aromatic N) is 2. The SMILES string of the molecule is Cc1cc(C(=O)Nc2ccc(F)cn2)cc(-c2cnccc2C)c1. The average Bonchev–Trinajstić information content (AvgIpc) is 2.57. The summed E-state index contributed by atoms with van der Waals surface area (Å²) in [5, 5.41) is 2.67. The molecule has 0 bridgehead atoms. The molecule has 3 aromatic rings. The van der Waals surface area contributed by atoms with Crippen LogP contribution in [0.5, 0.6) is 0 Å². The average molecular weight is 321 g/mol. The van der Waals surface area contributed by atoms with E-state index in [1.54, 1.807) is 18.5 Å². The second kappa shape index (κ2) is 6.58. The van der Waals surface area contributed by atoms with Gasteiger partial charge in [0.1, 0.15) is 11.6 Å². The number of pyridine rings is 2. The van der Waals surface area contributed by atoms with Gasteiger partial charge in [0.25, 0.3) is 5.91 Å². The molecule has 0 radical (unpaired) electrons. The number of anilines is 1. The Kier molecular flexibility index (Phi) is 4.33. The number of nitrogens with one attached hydrogen (secondary N) is 1. The minimum Gasteiger partial charge on any atom is -0.307 e. The summed E-state index contributed by atoms with van der Waals surface area (Å²) >= 11 is 0. The maximum Gasteiger partial charge on any atom is 0.256 e. The maximum absolute atomic E-state index is 12.9. The molecule has 4 nitrogen and oxygen atoms in total. The van der Waals surface area contributed by atoms with Crippen LogP contribution >= 0.6 is 0 Å². The molecule has 0 saturated heterocycles. The topological polar surface area (TPSA) is 54.9 Å². The Labute approximate surface area is 139 Å². The first-order valence-electron chi connectivity index (χ1n) is 7.48. The number of carbonyl (C=O) groups is 1. The Bertz CT molecular complexity index is 891. The van der Waals surface area contributed by atoms with Crippen LogP contribution in [0.15, 0.2) is 55.0 Å². The molecule has 0 spiro atoms. The van der Waals surface area contributed by atoms with Crippen molar-refractivity contribution < 1.29 is 9.18 Å². The Morgan fingerprint density at radius 3 is 2.62 bits per heavy atom. The van der Waals surface area contributed by atoms with Gasteiger partial charge in [-0.3, -0.25) is 9.78 Å². The minimum absolute atomic E-state index is 0.291. The lowest BCUT2D eigenvalue weighted by molar-refractivity contribution is 0.102. The Morgan fingerprint density at radius 2 is 1.92 bits per heavy atom. The lowest BCUT2D eigenvalue weighted by Gasteiger charge is -2.10. The van der Waals surface area contributed by atoms with E-state index in [0.717, 1.165) is 28.5 Å². The summed E-state index contributed by atoms with van der Waals surface area (Å²) in [5.74, 6) is -0.430. The van der Waals surface area contributed by atoms with Crippen LogP contribution in [0, 0.1) is 19.7 Å². The molecular weight excluding hydrogens is 305 g/mol. The third-order valence-electron chi connectivity index (χ3n) is 3.66. The fourth-order valence-electron chi connectivity index (χ4n) is 2.47. The molecule has 0 fully saturated rings. The van der Waals surface area contributed by atoms with E-state index in [9.17, 15) is 9.18 Å². The van der Waals surface area contributed by atoms with E-state index < -0.39 is 5.82 Å². The zero-order chi connectivity index (χ0) is 17.1. The van der Waals surface area contributed by atoms with Crippen molar-refractivity contribution in [1.82, 2.24) is 9.97 Å². The van der Waals surface area contributed by atoms with Gasteiger partial charge in [-0.15, -0.1) is 0 Å². The number of carbonyl (C=O) groups excluding carboxylic acids is 1. The standard InChI is InChI=1S/C19H16FN3O/c1-12-7-14(17-11-21-6-5-13(17)2)9-15(8-12)19(24)23-18-4-3-16(20)10-22-18/h3-11H,1-2H3,(H,22,23,24). The predicted octanol–water partition coefficient (Wildman–Crippen LogP) is 4.15. The van der Waals surface area contributed by atoms with Crippen molar-refractivity contribution in [2.75, 3.05) is 5.32 Å². The molecule has 1 aromatic carbocycles. The van der Waals surface area contributed by atoms with Gasteiger partial charge >= 0.3 is 0 Å². The number of aryl methyl sites for hydroxylation is 2. The molecule has 0 aliphatic heterocycles. The third kappa shape index (κ3) is 3.46. The monoisotopic (exact) mass is 321 g/mol. The fraction of sp³-hybridized carbons (Fsp3) is 0.105. The van der Waals surface area contributed by atoms with Gasteiger partial charge in [-0.1, -0.05) is 6.07 Å². The Morgan fingerprint density at radius 1 is 1.08 bits per heavy atom. The Balaban J connectivity index is 1.92. The number of halogens is 1. The summed E-state index contributed by atoms with van der Waals surface area (Å²) in [6.45, 7) is 3.93. The number of hydrogen-bond acceptors (Lipinski definition) is 3. The molecule has 2 aromatic heterocycles. The Hall–Kier alpha value is -3.08. The van der Waals surface area contributed by atoms with Crippen molar-refractivity contribution in [2.45, 2.75) is 13.8 Å². The molecule has 24 heavy (non-hydrogen) atoms. The van der Waals surface area contributed by atoms with Crippen molar-refractivity contribution in [3.63, 3.8) is 0 Å². The van der Waals surface area contributed by atoms with Gasteiger partial charge in [-0.25, -0.2) is 9.37 Å². The van der Waals surface area contributed by atoms with Crippen LogP contribution in [0.3, 0.4) is 0 Å². The summed E-state index contributed by atoms with van der Waals surface area (Å²) < 4.78 is 12.9. The van der Waals surface area contributed by atoms with Crippen LogP contribution in [-0.4, -0.2) is 15.9 Å². The lowest BCUT2D eigenvalue weighted by Crippen LogP contribution is -2.13. The predicted molar refractivity (Wildman–Crippen MR) is 91.3 cm³/mol. The third-order valence-corrected chi connectivity index (χ3v) is 3.66. The van der Waals surface area contributed by atoms with Crippen LogP contribution in [0.25, 0.3) is 11.1 Å². The van der Waals surface area contributed by atoms with Gasteiger partial charge in [0.05, 0.1) is 6.20 Å². The lowest BCUT2D eigenvalue weighted by atomic mass is 9.98. The molecule has 0 aliphatic rings. The number of benzene rings is 1. The van der Waals surface area contributed by atoms with E-state index in [0.29, 0.717) is 11.4 Å². The number of hydrogen-bond donors (Lipinski definition) is 1. The van der Waals surface area contributed by atoms with Gasteiger partial charge in [0.2, 0.25) is 0 Å². The van der Waals surface area contributed by atoms with Crippen LogP contribution in [0.1, 0.15) is 21.5 Å². The van der Waals surface area contributed by atoms with E-state index in [-0.39, 0.29) is 5.91 Å². The highest BCUT2D eigenvalue weighted by Gasteiger charge is 2.11. The van der Waals surface area contributed by atoms with Gasteiger partial charge < -0.3 is 5.32 Å². The van der Waals surface area contributed by atoms with E-state index in [1.807, 2.05) is 32.0 Å². The summed E-state index contributed by atoms with van der Waals surface area (Å²) in [6.07, 6.45) is 4.59. The van der Waals surface area contributed by atoms with Crippen LogP contribution in [0.4, 0.5) is 10.2 Å². The molecule has 1 amide bonds. The normalized spacial score (nSPS) is 10.5. The fourth-order valence-corrected chi connectivity index (χ4v) is 2.47. The van der Waals surface area contributed by atoms with E-state index in [1.165, 1.54) is 12.1 Å². The quantitative estimate of drug-likeness (QED) is 0.788. The molecule has 0 atom stereocenters. The first-order valence-corrected chi connectivity index (χ1v) is 7.48. The second-order valence-corrected chi connectivity index (χ2v) is 5.59. The van der Waals surface area contributed by atoms with Crippen molar-refractivity contribution in [1.29, 1.82) is 0 Å². The summed E-state index contributed by atoms with van der Waals surface area (Å²) in [5.41, 5.74) is 4.47. The minimum atomic E-state index is -0.446. The summed E-state index contributed by atoms with van der Waals surface area (Å²) in [6, 6.07) is 10.2. The van der Waals surface area contributed by atoms with E-state index in [4.69, 9.17) is 0 Å². The van der Waals surface area contributed by atoms with Gasteiger partial charge in [0, 0.05) is 23.5 Å². The molecule has 1 N–H and O–H groups in total. The molecule has 2 heterocycles. The van der Waals surface area contributed by atoms with Gasteiger partial charge in [-0.2, -0.15) is 0 Å². The van der Waals surface area contributed by atoms with Crippen molar-refractivity contribution in [3.8, 4) is 11.1 Å². The molecule has 0 unspecified atom stereocenters. The van der Waals surface area contributed by atoms with Gasteiger partial charge in [-0.05, 0) is 60.9 Å². The van der Waals surface area contributed by atoms with Gasteiger partial charge in [0.15, 0.2) is 0 Å². The van der Waals surface area contributed by atoms with Crippen molar-refractivity contribution in [2.24, 2.45) is 0 Å². The number of amides is 1. The number of rotatable bonds is 3.